The van der Waals surface area contributed by atoms with Crippen LogP contribution in [0.25, 0.3) is 21.5 Å². The van der Waals surface area contributed by atoms with Crippen molar-refractivity contribution in [1.82, 2.24) is 9.88 Å². The van der Waals surface area contributed by atoms with Crippen LogP contribution in [0.4, 0.5) is 5.69 Å². The summed E-state index contributed by atoms with van der Waals surface area (Å²) in [6, 6.07) is 12.0. The topological polar surface area (TPSA) is 36.4 Å². The molecule has 3 aromatic rings. The van der Waals surface area contributed by atoms with Crippen molar-refractivity contribution in [3.05, 3.63) is 59.0 Å². The van der Waals surface area contributed by atoms with Crippen molar-refractivity contribution in [3.8, 4) is 0 Å². The molecule has 0 aliphatic carbocycles. The van der Waals surface area contributed by atoms with Crippen molar-refractivity contribution >= 4 is 27.2 Å². The first-order chi connectivity index (χ1) is 11.2. The van der Waals surface area contributed by atoms with Crippen LogP contribution in [0.2, 0.25) is 0 Å². The Morgan fingerprint density at radius 3 is 2.48 bits per heavy atom. The SMILES string of the molecule is CN1CCN(c2cc3ccncc3c(=O)c3ccccc23)CC1. The van der Waals surface area contributed by atoms with Crippen LogP contribution in [-0.2, 0) is 0 Å². The molecule has 1 fully saturated rings. The molecule has 0 radical (unpaired) electrons. The molecular weight excluding hydrogens is 286 g/mol. The van der Waals surface area contributed by atoms with Gasteiger partial charge in [-0.15, -0.1) is 0 Å². The molecule has 0 atom stereocenters. The Morgan fingerprint density at radius 1 is 0.957 bits per heavy atom. The second-order valence-electron chi connectivity index (χ2n) is 6.16. The summed E-state index contributed by atoms with van der Waals surface area (Å²) in [4.78, 5) is 21.8. The lowest BCUT2D eigenvalue weighted by Crippen LogP contribution is -2.44. The predicted octanol–water partition coefficient (Wildman–Crippen LogP) is 2.50. The molecule has 1 aromatic heterocycles. The van der Waals surface area contributed by atoms with Crippen LogP contribution < -0.4 is 10.3 Å². The number of aromatic nitrogens is 1. The Bertz CT molecular complexity index is 930. The monoisotopic (exact) mass is 305 g/mol. The van der Waals surface area contributed by atoms with Crippen LogP contribution in [0.1, 0.15) is 0 Å². The molecule has 0 N–H and O–H groups in total. The second kappa shape index (κ2) is 5.63. The molecule has 2 heterocycles. The molecule has 1 aliphatic heterocycles. The van der Waals surface area contributed by atoms with E-state index in [4.69, 9.17) is 0 Å². The Hall–Kier alpha value is -2.46. The van der Waals surface area contributed by atoms with Gasteiger partial charge in [0.1, 0.15) is 0 Å². The van der Waals surface area contributed by atoms with E-state index in [1.54, 1.807) is 12.4 Å². The minimum Gasteiger partial charge on any atom is -0.368 e. The Morgan fingerprint density at radius 2 is 1.70 bits per heavy atom. The van der Waals surface area contributed by atoms with Gasteiger partial charge in [0.15, 0.2) is 5.43 Å². The molecule has 4 nitrogen and oxygen atoms in total. The van der Waals surface area contributed by atoms with Gasteiger partial charge in [0.05, 0.1) is 0 Å². The predicted molar refractivity (Wildman–Crippen MR) is 95.2 cm³/mol. The molecule has 23 heavy (non-hydrogen) atoms. The summed E-state index contributed by atoms with van der Waals surface area (Å²) < 4.78 is 0. The Kier molecular flexibility index (Phi) is 3.46. The highest BCUT2D eigenvalue weighted by molar-refractivity contribution is 6.01. The van der Waals surface area contributed by atoms with Crippen molar-refractivity contribution in [1.29, 1.82) is 0 Å². The second-order valence-corrected chi connectivity index (χ2v) is 6.16. The van der Waals surface area contributed by atoms with Gasteiger partial charge >= 0.3 is 0 Å². The van der Waals surface area contributed by atoms with Gasteiger partial charge in [-0.2, -0.15) is 0 Å². The molecule has 2 aromatic carbocycles. The number of piperazine rings is 1. The zero-order valence-corrected chi connectivity index (χ0v) is 13.2. The van der Waals surface area contributed by atoms with E-state index in [-0.39, 0.29) is 5.43 Å². The number of rotatable bonds is 1. The molecule has 0 unspecified atom stereocenters. The lowest BCUT2D eigenvalue weighted by atomic mass is 10.1. The average molecular weight is 305 g/mol. The standard InChI is InChI=1S/C19H19N3O/c1-21-8-10-22(11-9-21)18-12-14-6-7-20-13-17(14)19(23)16-5-3-2-4-15(16)18/h2-7,12-13H,8-11H2,1H3. The van der Waals surface area contributed by atoms with Crippen molar-refractivity contribution in [2.75, 3.05) is 38.1 Å². The number of benzene rings is 1. The van der Waals surface area contributed by atoms with Crippen LogP contribution >= 0.6 is 0 Å². The third-order valence-corrected chi connectivity index (χ3v) is 4.68. The maximum Gasteiger partial charge on any atom is 0.195 e. The molecule has 1 saturated heterocycles. The Balaban J connectivity index is 2.05. The summed E-state index contributed by atoms with van der Waals surface area (Å²) in [6.07, 6.45) is 3.43. The highest BCUT2D eigenvalue weighted by Gasteiger charge is 2.17. The number of hydrogen-bond acceptors (Lipinski definition) is 4. The third-order valence-electron chi connectivity index (χ3n) is 4.68. The maximum absolute atomic E-state index is 12.9. The van der Waals surface area contributed by atoms with Gasteiger partial charge < -0.3 is 9.80 Å². The molecular formula is C19H19N3O. The van der Waals surface area contributed by atoms with E-state index in [1.165, 1.54) is 0 Å². The third kappa shape index (κ3) is 2.45. The van der Waals surface area contributed by atoms with E-state index in [0.29, 0.717) is 5.39 Å². The van der Waals surface area contributed by atoms with Crippen molar-refractivity contribution in [3.63, 3.8) is 0 Å². The highest BCUT2D eigenvalue weighted by Crippen LogP contribution is 2.28. The normalized spacial score (nSPS) is 16.1. The Labute approximate surface area is 135 Å². The van der Waals surface area contributed by atoms with Crippen molar-refractivity contribution < 1.29 is 0 Å². The fourth-order valence-electron chi connectivity index (χ4n) is 3.30. The number of nitrogens with zero attached hydrogens (tertiary/aromatic N) is 3. The molecule has 1 aliphatic rings. The number of anilines is 1. The van der Waals surface area contributed by atoms with Gasteiger partial charge in [0, 0.05) is 60.4 Å². The first kappa shape index (κ1) is 14.2. The van der Waals surface area contributed by atoms with E-state index in [1.807, 2.05) is 24.3 Å². The number of pyridine rings is 1. The maximum atomic E-state index is 12.9. The van der Waals surface area contributed by atoms with Gasteiger partial charge in [-0.05, 0) is 24.6 Å². The van der Waals surface area contributed by atoms with E-state index in [2.05, 4.69) is 34.0 Å². The first-order valence-corrected chi connectivity index (χ1v) is 7.97. The molecule has 0 amide bonds. The van der Waals surface area contributed by atoms with Crippen molar-refractivity contribution in [2.24, 2.45) is 0 Å². The van der Waals surface area contributed by atoms with Crippen LogP contribution in [0.5, 0.6) is 0 Å². The quantitative estimate of drug-likeness (QED) is 0.692. The molecule has 0 bridgehead atoms. The molecule has 116 valence electrons. The minimum atomic E-state index is 0.0593. The lowest BCUT2D eigenvalue weighted by molar-refractivity contribution is 0.313. The summed E-state index contributed by atoms with van der Waals surface area (Å²) in [5.41, 5.74) is 1.20. The van der Waals surface area contributed by atoms with Gasteiger partial charge in [-0.3, -0.25) is 9.78 Å². The summed E-state index contributed by atoms with van der Waals surface area (Å²) in [6.45, 7) is 4.03. The van der Waals surface area contributed by atoms with E-state index >= 15 is 0 Å². The first-order valence-electron chi connectivity index (χ1n) is 7.97. The van der Waals surface area contributed by atoms with Crippen LogP contribution in [0.15, 0.2) is 53.6 Å². The largest absolute Gasteiger partial charge is 0.368 e. The summed E-state index contributed by atoms with van der Waals surface area (Å²) in [7, 11) is 2.15. The molecule has 0 saturated carbocycles. The van der Waals surface area contributed by atoms with Crippen LogP contribution in [0, 0.1) is 0 Å². The summed E-state index contributed by atoms with van der Waals surface area (Å²) in [5, 5.41) is 3.43. The number of likely N-dealkylation sites (N-methyl/N-ethyl adjacent to an activating group) is 1. The van der Waals surface area contributed by atoms with Gasteiger partial charge in [-0.1, -0.05) is 24.3 Å². The molecule has 4 rings (SSSR count). The molecule has 4 heteroatoms. The van der Waals surface area contributed by atoms with Gasteiger partial charge in [0.25, 0.3) is 0 Å². The fraction of sp³-hybridized carbons (Fsp3) is 0.263. The van der Waals surface area contributed by atoms with Gasteiger partial charge in [-0.25, -0.2) is 0 Å². The number of fused-ring (bicyclic) bond motifs is 2. The summed E-state index contributed by atoms with van der Waals surface area (Å²) >= 11 is 0. The van der Waals surface area contributed by atoms with E-state index < -0.39 is 0 Å². The smallest absolute Gasteiger partial charge is 0.195 e. The van der Waals surface area contributed by atoms with E-state index in [0.717, 1.165) is 48.0 Å². The highest BCUT2D eigenvalue weighted by atomic mass is 16.1. The van der Waals surface area contributed by atoms with Gasteiger partial charge in [0.2, 0.25) is 0 Å². The van der Waals surface area contributed by atoms with Crippen LogP contribution in [0.3, 0.4) is 0 Å². The van der Waals surface area contributed by atoms with Crippen molar-refractivity contribution in [2.45, 2.75) is 0 Å². The summed E-state index contributed by atoms with van der Waals surface area (Å²) in [5.74, 6) is 0. The average Bonchev–Trinajstić information content (AvgIpc) is 2.72. The fourth-order valence-corrected chi connectivity index (χ4v) is 3.30. The van der Waals surface area contributed by atoms with E-state index in [9.17, 15) is 4.79 Å². The molecule has 0 spiro atoms. The lowest BCUT2D eigenvalue weighted by Gasteiger charge is -2.34. The zero-order valence-electron chi connectivity index (χ0n) is 13.2. The zero-order chi connectivity index (χ0) is 15.8. The minimum absolute atomic E-state index is 0.0593. The number of hydrogen-bond donors (Lipinski definition) is 0. The van der Waals surface area contributed by atoms with Crippen LogP contribution in [-0.4, -0.2) is 43.1 Å².